The van der Waals surface area contributed by atoms with Gasteiger partial charge in [-0.1, -0.05) is 20.8 Å². The van der Waals surface area contributed by atoms with Crippen molar-refractivity contribution in [2.75, 3.05) is 6.54 Å². The van der Waals surface area contributed by atoms with Gasteiger partial charge in [-0.3, -0.25) is 0 Å². The highest BCUT2D eigenvalue weighted by Gasteiger charge is 2.42. The first-order valence-electron chi connectivity index (χ1n) is 4.76. The fourth-order valence-electron chi connectivity index (χ4n) is 2.25. The van der Waals surface area contributed by atoms with Gasteiger partial charge in [0, 0.05) is 6.04 Å². The third kappa shape index (κ3) is 1.98. The molecule has 1 saturated heterocycles. The van der Waals surface area contributed by atoms with E-state index >= 15 is 0 Å². The lowest BCUT2D eigenvalue weighted by molar-refractivity contribution is 0.0303. The summed E-state index contributed by atoms with van der Waals surface area (Å²) in [5.41, 5.74) is -1.01. The van der Waals surface area contributed by atoms with Gasteiger partial charge in [0.1, 0.15) is 5.67 Å². The maximum absolute atomic E-state index is 14.0. The molecule has 1 nitrogen and oxygen atoms in total. The summed E-state index contributed by atoms with van der Waals surface area (Å²) in [6, 6.07) is -0.00116. The molecule has 0 aromatic carbocycles. The summed E-state index contributed by atoms with van der Waals surface area (Å²) in [6.07, 6.45) is 1.65. The molecule has 0 aliphatic carbocycles. The molecule has 0 saturated carbocycles. The summed E-state index contributed by atoms with van der Waals surface area (Å²) in [6.45, 7) is 8.95. The van der Waals surface area contributed by atoms with Crippen molar-refractivity contribution in [1.82, 2.24) is 5.32 Å². The fourth-order valence-corrected chi connectivity index (χ4v) is 2.25. The molecule has 1 fully saturated rings. The lowest BCUT2D eigenvalue weighted by atomic mass is 9.74. The molecular weight excluding hydrogens is 153 g/mol. The van der Waals surface area contributed by atoms with Crippen LogP contribution < -0.4 is 5.32 Å². The zero-order valence-corrected chi connectivity index (χ0v) is 8.58. The van der Waals surface area contributed by atoms with Crippen LogP contribution in [0.15, 0.2) is 0 Å². The van der Waals surface area contributed by atoms with Crippen LogP contribution in [0.5, 0.6) is 0 Å². The van der Waals surface area contributed by atoms with E-state index in [0.717, 1.165) is 13.0 Å². The summed E-state index contributed by atoms with van der Waals surface area (Å²) < 4.78 is 14.0. The zero-order chi connectivity index (χ0) is 9.41. The van der Waals surface area contributed by atoms with Crippen LogP contribution in [-0.4, -0.2) is 18.3 Å². The minimum Gasteiger partial charge on any atom is -0.311 e. The number of piperidine rings is 1. The van der Waals surface area contributed by atoms with Crippen LogP contribution in [0.2, 0.25) is 0 Å². The number of halogens is 1. The van der Waals surface area contributed by atoms with E-state index < -0.39 is 5.67 Å². The molecule has 0 aromatic heterocycles. The highest BCUT2D eigenvalue weighted by molar-refractivity contribution is 4.98. The van der Waals surface area contributed by atoms with Gasteiger partial charge in [0.2, 0.25) is 0 Å². The molecule has 1 aliphatic heterocycles. The van der Waals surface area contributed by atoms with Crippen LogP contribution in [-0.2, 0) is 0 Å². The molecule has 0 radical (unpaired) electrons. The molecule has 1 rings (SSSR count). The van der Waals surface area contributed by atoms with Gasteiger partial charge in [0.25, 0.3) is 0 Å². The van der Waals surface area contributed by atoms with E-state index in [0.29, 0.717) is 6.42 Å². The molecule has 0 bridgehead atoms. The van der Waals surface area contributed by atoms with E-state index in [1.54, 1.807) is 6.92 Å². The van der Waals surface area contributed by atoms with Crippen LogP contribution in [0.1, 0.15) is 40.5 Å². The summed E-state index contributed by atoms with van der Waals surface area (Å²) >= 11 is 0. The summed E-state index contributed by atoms with van der Waals surface area (Å²) in [7, 11) is 0. The first-order chi connectivity index (χ1) is 5.34. The normalized spacial score (nSPS) is 38.2. The average molecular weight is 173 g/mol. The molecule has 12 heavy (non-hydrogen) atoms. The Kier molecular flexibility index (Phi) is 2.48. The van der Waals surface area contributed by atoms with Gasteiger partial charge in [-0.05, 0) is 31.7 Å². The largest absolute Gasteiger partial charge is 0.311 e. The van der Waals surface area contributed by atoms with Crippen molar-refractivity contribution in [1.29, 1.82) is 0 Å². The van der Waals surface area contributed by atoms with Crippen molar-refractivity contribution in [3.05, 3.63) is 0 Å². The van der Waals surface area contributed by atoms with Crippen LogP contribution >= 0.6 is 0 Å². The van der Waals surface area contributed by atoms with Gasteiger partial charge in [0.05, 0.1) is 0 Å². The van der Waals surface area contributed by atoms with Crippen molar-refractivity contribution in [3.8, 4) is 0 Å². The summed E-state index contributed by atoms with van der Waals surface area (Å²) in [5.74, 6) is 0. The van der Waals surface area contributed by atoms with Gasteiger partial charge in [0.15, 0.2) is 0 Å². The Hall–Kier alpha value is -0.110. The lowest BCUT2D eigenvalue weighted by Gasteiger charge is -2.43. The third-order valence-corrected chi connectivity index (χ3v) is 2.66. The Morgan fingerprint density at radius 2 is 2.00 bits per heavy atom. The van der Waals surface area contributed by atoms with Crippen LogP contribution in [0.25, 0.3) is 0 Å². The Labute approximate surface area is 74.7 Å². The molecule has 2 unspecified atom stereocenters. The number of alkyl halides is 1. The minimum atomic E-state index is -1.03. The minimum absolute atomic E-state index is 0.00116. The van der Waals surface area contributed by atoms with Crippen molar-refractivity contribution in [2.24, 2.45) is 5.41 Å². The van der Waals surface area contributed by atoms with Gasteiger partial charge < -0.3 is 5.32 Å². The third-order valence-electron chi connectivity index (χ3n) is 2.66. The number of rotatable bonds is 0. The quantitative estimate of drug-likeness (QED) is 0.593. The van der Waals surface area contributed by atoms with E-state index in [1.165, 1.54) is 0 Å². The molecule has 72 valence electrons. The highest BCUT2D eigenvalue weighted by Crippen LogP contribution is 2.35. The second-order valence-electron chi connectivity index (χ2n) is 5.13. The predicted molar refractivity (Wildman–Crippen MR) is 50.0 cm³/mol. The maximum atomic E-state index is 14.0. The second-order valence-corrected chi connectivity index (χ2v) is 5.13. The molecular formula is C10H20FN. The maximum Gasteiger partial charge on any atom is 0.124 e. The SMILES string of the molecule is CC(C)(C)C1NCCCC1(C)F. The van der Waals surface area contributed by atoms with E-state index in [9.17, 15) is 4.39 Å². The van der Waals surface area contributed by atoms with Gasteiger partial charge in [-0.25, -0.2) is 4.39 Å². The molecule has 0 amide bonds. The topological polar surface area (TPSA) is 12.0 Å². The molecule has 2 heteroatoms. The fraction of sp³-hybridized carbons (Fsp3) is 1.00. The smallest absolute Gasteiger partial charge is 0.124 e. The number of hydrogen-bond acceptors (Lipinski definition) is 1. The zero-order valence-electron chi connectivity index (χ0n) is 8.58. The Morgan fingerprint density at radius 1 is 1.42 bits per heavy atom. The lowest BCUT2D eigenvalue weighted by Crippen LogP contribution is -2.56. The van der Waals surface area contributed by atoms with Gasteiger partial charge in [-0.15, -0.1) is 0 Å². The summed E-state index contributed by atoms with van der Waals surface area (Å²) in [5, 5.41) is 3.27. The van der Waals surface area contributed by atoms with Crippen LogP contribution in [0.3, 0.4) is 0 Å². The van der Waals surface area contributed by atoms with Gasteiger partial charge >= 0.3 is 0 Å². The first kappa shape index (κ1) is 9.97. The second kappa shape index (κ2) is 2.99. The van der Waals surface area contributed by atoms with Crippen molar-refractivity contribution in [3.63, 3.8) is 0 Å². The van der Waals surface area contributed by atoms with E-state index in [1.807, 2.05) is 0 Å². The van der Waals surface area contributed by atoms with E-state index in [-0.39, 0.29) is 11.5 Å². The summed E-state index contributed by atoms with van der Waals surface area (Å²) in [4.78, 5) is 0. The highest BCUT2D eigenvalue weighted by atomic mass is 19.1. The molecule has 2 atom stereocenters. The van der Waals surface area contributed by atoms with Crippen molar-refractivity contribution in [2.45, 2.75) is 52.2 Å². The van der Waals surface area contributed by atoms with Crippen molar-refractivity contribution >= 4 is 0 Å². The molecule has 0 spiro atoms. The van der Waals surface area contributed by atoms with Crippen LogP contribution in [0.4, 0.5) is 4.39 Å². The Balaban J connectivity index is 2.73. The molecule has 1 aliphatic rings. The van der Waals surface area contributed by atoms with Crippen molar-refractivity contribution < 1.29 is 4.39 Å². The first-order valence-corrected chi connectivity index (χ1v) is 4.76. The van der Waals surface area contributed by atoms with Crippen LogP contribution in [0, 0.1) is 5.41 Å². The molecule has 0 aromatic rings. The standard InChI is InChI=1S/C10H20FN/c1-9(2,3)8-10(4,11)6-5-7-12-8/h8,12H,5-7H2,1-4H3. The Morgan fingerprint density at radius 3 is 2.33 bits per heavy atom. The van der Waals surface area contributed by atoms with Gasteiger partial charge in [-0.2, -0.15) is 0 Å². The Bertz CT molecular complexity index is 158. The number of hydrogen-bond donors (Lipinski definition) is 1. The average Bonchev–Trinajstić information content (AvgIpc) is 1.83. The number of nitrogens with one attached hydrogen (secondary N) is 1. The molecule has 1 heterocycles. The molecule has 1 N–H and O–H groups in total. The van der Waals surface area contributed by atoms with E-state index in [4.69, 9.17) is 0 Å². The predicted octanol–water partition coefficient (Wildman–Crippen LogP) is 2.51. The van der Waals surface area contributed by atoms with E-state index in [2.05, 4.69) is 26.1 Å². The monoisotopic (exact) mass is 173 g/mol.